The molecule has 0 aromatic heterocycles. The topological polar surface area (TPSA) is 41.6 Å². The van der Waals surface area contributed by atoms with E-state index in [0.29, 0.717) is 22.9 Å². The number of hydrogen-bond acceptors (Lipinski definition) is 3. The van der Waals surface area contributed by atoms with Crippen LogP contribution in [0.4, 0.5) is 11.4 Å². The summed E-state index contributed by atoms with van der Waals surface area (Å²) in [4.78, 5) is 15.0. The maximum absolute atomic E-state index is 12.7. The number of para-hydroxylation sites is 2. The zero-order valence-electron chi connectivity index (χ0n) is 15.3. The highest BCUT2D eigenvalue weighted by Gasteiger charge is 2.19. The Morgan fingerprint density at radius 3 is 2.65 bits per heavy atom. The molecule has 0 aliphatic carbocycles. The normalized spacial score (nSPS) is 15.0. The van der Waals surface area contributed by atoms with Gasteiger partial charge < -0.3 is 15.0 Å². The number of anilines is 2. The molecule has 2 aromatic carbocycles. The second-order valence-corrected chi connectivity index (χ2v) is 7.13. The summed E-state index contributed by atoms with van der Waals surface area (Å²) in [5.41, 5.74) is 2.42. The van der Waals surface area contributed by atoms with Crippen LogP contribution in [0.25, 0.3) is 0 Å². The Labute approximate surface area is 160 Å². The molecule has 3 rings (SSSR count). The van der Waals surface area contributed by atoms with E-state index in [2.05, 4.69) is 23.2 Å². The molecule has 1 heterocycles. The molecule has 1 fully saturated rings. The first-order valence-corrected chi connectivity index (χ1v) is 9.54. The van der Waals surface area contributed by atoms with Crippen LogP contribution in [0, 0.1) is 5.92 Å². The first kappa shape index (κ1) is 18.6. The molecule has 1 amide bonds. The van der Waals surface area contributed by atoms with Crippen LogP contribution in [0.5, 0.6) is 5.75 Å². The lowest BCUT2D eigenvalue weighted by Crippen LogP contribution is -2.33. The molecule has 0 unspecified atom stereocenters. The fourth-order valence-electron chi connectivity index (χ4n) is 3.21. The predicted molar refractivity (Wildman–Crippen MR) is 108 cm³/mol. The van der Waals surface area contributed by atoms with E-state index >= 15 is 0 Å². The largest absolute Gasteiger partial charge is 0.492 e. The number of carbonyl (C=O) groups is 1. The highest BCUT2D eigenvalue weighted by molar-refractivity contribution is 6.32. The summed E-state index contributed by atoms with van der Waals surface area (Å²) in [5.74, 6) is 1.18. The minimum absolute atomic E-state index is 0.173. The number of carbonyl (C=O) groups excluding carboxylic acids is 1. The molecule has 0 radical (unpaired) electrons. The van der Waals surface area contributed by atoms with Crippen molar-refractivity contribution in [2.75, 3.05) is 29.9 Å². The minimum Gasteiger partial charge on any atom is -0.492 e. The van der Waals surface area contributed by atoms with Gasteiger partial charge >= 0.3 is 0 Å². The number of rotatable bonds is 5. The number of ether oxygens (including phenoxy) is 1. The summed E-state index contributed by atoms with van der Waals surface area (Å²) in [5, 5.41) is 3.48. The first-order valence-electron chi connectivity index (χ1n) is 9.16. The average molecular weight is 373 g/mol. The molecule has 26 heavy (non-hydrogen) atoms. The lowest BCUT2D eigenvalue weighted by atomic mass is 9.98. The molecule has 4 nitrogen and oxygen atoms in total. The van der Waals surface area contributed by atoms with Crippen LogP contribution in [-0.4, -0.2) is 25.6 Å². The lowest BCUT2D eigenvalue weighted by Gasteiger charge is -2.33. The third kappa shape index (κ3) is 4.31. The Morgan fingerprint density at radius 1 is 1.23 bits per heavy atom. The van der Waals surface area contributed by atoms with Gasteiger partial charge in [0.25, 0.3) is 5.91 Å². The average Bonchev–Trinajstić information content (AvgIpc) is 2.65. The number of nitrogens with zero attached hydrogens (tertiary/aromatic N) is 1. The van der Waals surface area contributed by atoms with Crippen LogP contribution < -0.4 is 15.0 Å². The Morgan fingerprint density at radius 2 is 1.96 bits per heavy atom. The zero-order chi connectivity index (χ0) is 18.5. The summed E-state index contributed by atoms with van der Waals surface area (Å²) in [6.07, 6.45) is 2.35. The number of amides is 1. The number of benzene rings is 2. The van der Waals surface area contributed by atoms with Gasteiger partial charge in [-0.25, -0.2) is 0 Å². The van der Waals surface area contributed by atoms with Gasteiger partial charge in [0.2, 0.25) is 0 Å². The Bertz CT molecular complexity index is 770. The molecule has 0 atom stereocenters. The minimum atomic E-state index is -0.173. The van der Waals surface area contributed by atoms with E-state index < -0.39 is 0 Å². The molecular weight excluding hydrogens is 348 g/mol. The standard InChI is InChI=1S/C21H25ClN2O2/c1-3-26-20-9-8-16(14-17(20)22)21(25)23-18-6-4-5-7-19(18)24-12-10-15(2)11-13-24/h4-9,14-15H,3,10-13H2,1-2H3,(H,23,25). The molecule has 0 spiro atoms. The molecule has 0 saturated carbocycles. The molecular formula is C21H25ClN2O2. The Hall–Kier alpha value is -2.20. The van der Waals surface area contributed by atoms with Gasteiger partial charge in [0.1, 0.15) is 5.75 Å². The number of halogens is 1. The van der Waals surface area contributed by atoms with E-state index in [4.69, 9.17) is 16.3 Å². The predicted octanol–water partition coefficient (Wildman–Crippen LogP) is 5.23. The van der Waals surface area contributed by atoms with E-state index in [9.17, 15) is 4.79 Å². The summed E-state index contributed by atoms with van der Waals surface area (Å²) < 4.78 is 5.43. The van der Waals surface area contributed by atoms with E-state index in [1.54, 1.807) is 18.2 Å². The lowest BCUT2D eigenvalue weighted by molar-refractivity contribution is 0.102. The number of nitrogens with one attached hydrogen (secondary N) is 1. The second-order valence-electron chi connectivity index (χ2n) is 6.72. The van der Waals surface area contributed by atoms with E-state index in [1.807, 2.05) is 25.1 Å². The maximum Gasteiger partial charge on any atom is 0.255 e. The first-order chi connectivity index (χ1) is 12.6. The Kier molecular flexibility index (Phi) is 6.04. The molecule has 138 valence electrons. The third-order valence-electron chi connectivity index (χ3n) is 4.77. The van der Waals surface area contributed by atoms with Crippen LogP contribution in [-0.2, 0) is 0 Å². The van der Waals surface area contributed by atoms with Crippen molar-refractivity contribution in [3.63, 3.8) is 0 Å². The van der Waals surface area contributed by atoms with Gasteiger partial charge in [0, 0.05) is 18.7 Å². The van der Waals surface area contributed by atoms with Crippen molar-refractivity contribution in [1.29, 1.82) is 0 Å². The van der Waals surface area contributed by atoms with Crippen LogP contribution in [0.3, 0.4) is 0 Å². The van der Waals surface area contributed by atoms with Gasteiger partial charge in [-0.1, -0.05) is 30.7 Å². The fraction of sp³-hybridized carbons (Fsp3) is 0.381. The van der Waals surface area contributed by atoms with Gasteiger partial charge in [0.05, 0.1) is 23.0 Å². The van der Waals surface area contributed by atoms with Crippen molar-refractivity contribution < 1.29 is 9.53 Å². The van der Waals surface area contributed by atoms with Crippen molar-refractivity contribution in [3.8, 4) is 5.75 Å². The van der Waals surface area contributed by atoms with E-state index in [-0.39, 0.29) is 5.91 Å². The molecule has 1 aliphatic rings. The van der Waals surface area contributed by atoms with Crippen molar-refractivity contribution in [1.82, 2.24) is 0 Å². The molecule has 1 aliphatic heterocycles. The van der Waals surface area contributed by atoms with Crippen LogP contribution >= 0.6 is 11.6 Å². The molecule has 2 aromatic rings. The second kappa shape index (κ2) is 8.45. The van der Waals surface area contributed by atoms with Crippen molar-refractivity contribution in [2.24, 2.45) is 5.92 Å². The van der Waals surface area contributed by atoms with Crippen molar-refractivity contribution in [2.45, 2.75) is 26.7 Å². The SMILES string of the molecule is CCOc1ccc(C(=O)Nc2ccccc2N2CCC(C)CC2)cc1Cl. The third-order valence-corrected chi connectivity index (χ3v) is 5.07. The fourth-order valence-corrected chi connectivity index (χ4v) is 3.45. The smallest absolute Gasteiger partial charge is 0.255 e. The summed E-state index contributed by atoms with van der Waals surface area (Å²) in [6, 6.07) is 13.1. The number of hydrogen-bond donors (Lipinski definition) is 1. The van der Waals surface area contributed by atoms with Gasteiger partial charge in [-0.05, 0) is 56.0 Å². The summed E-state index contributed by atoms with van der Waals surface area (Å²) in [6.45, 7) is 6.76. The molecule has 0 bridgehead atoms. The van der Waals surface area contributed by atoms with Crippen LogP contribution in [0.15, 0.2) is 42.5 Å². The maximum atomic E-state index is 12.7. The Balaban J connectivity index is 1.76. The molecule has 5 heteroatoms. The van der Waals surface area contributed by atoms with Gasteiger partial charge in [-0.2, -0.15) is 0 Å². The highest BCUT2D eigenvalue weighted by Crippen LogP contribution is 2.31. The summed E-state index contributed by atoms with van der Waals surface area (Å²) in [7, 11) is 0. The highest BCUT2D eigenvalue weighted by atomic mass is 35.5. The monoisotopic (exact) mass is 372 g/mol. The van der Waals surface area contributed by atoms with Crippen molar-refractivity contribution >= 4 is 28.9 Å². The van der Waals surface area contributed by atoms with Gasteiger partial charge in [0.15, 0.2) is 0 Å². The number of piperidine rings is 1. The zero-order valence-corrected chi connectivity index (χ0v) is 16.1. The quantitative estimate of drug-likeness (QED) is 0.781. The molecule has 1 saturated heterocycles. The van der Waals surface area contributed by atoms with Crippen LogP contribution in [0.1, 0.15) is 37.0 Å². The van der Waals surface area contributed by atoms with Gasteiger partial charge in [-0.15, -0.1) is 0 Å². The molecule has 1 N–H and O–H groups in total. The summed E-state index contributed by atoms with van der Waals surface area (Å²) >= 11 is 6.21. The van der Waals surface area contributed by atoms with E-state index in [1.165, 1.54) is 12.8 Å². The van der Waals surface area contributed by atoms with Crippen LogP contribution in [0.2, 0.25) is 5.02 Å². The van der Waals surface area contributed by atoms with E-state index in [0.717, 1.165) is 30.4 Å². The van der Waals surface area contributed by atoms with Crippen molar-refractivity contribution in [3.05, 3.63) is 53.1 Å². The van der Waals surface area contributed by atoms with Gasteiger partial charge in [-0.3, -0.25) is 4.79 Å².